The van der Waals surface area contributed by atoms with Crippen LogP contribution in [0.1, 0.15) is 5.56 Å². The van der Waals surface area contributed by atoms with E-state index in [4.69, 9.17) is 9.47 Å². The Labute approximate surface area is 130 Å². The lowest BCUT2D eigenvalue weighted by Gasteiger charge is -2.25. The smallest absolute Gasteiger partial charge is 0.165 e. The molecule has 0 radical (unpaired) electrons. The molecule has 0 amide bonds. The fraction of sp³-hybridized carbons (Fsp3) is 0.438. The summed E-state index contributed by atoms with van der Waals surface area (Å²) in [5.41, 5.74) is 1.10. The van der Waals surface area contributed by atoms with Crippen LogP contribution >= 0.6 is 0 Å². The lowest BCUT2D eigenvalue weighted by Crippen LogP contribution is -2.35. The first kappa shape index (κ1) is 14.7. The second-order valence-corrected chi connectivity index (χ2v) is 5.43. The van der Waals surface area contributed by atoms with Crippen LogP contribution in [0.2, 0.25) is 0 Å². The van der Waals surface area contributed by atoms with Crippen LogP contribution in [0.25, 0.3) is 0 Å². The van der Waals surface area contributed by atoms with Crippen LogP contribution in [0.5, 0.6) is 11.5 Å². The maximum atomic E-state index is 5.45. The summed E-state index contributed by atoms with van der Waals surface area (Å²) in [6.45, 7) is 3.58. The number of nitrogens with one attached hydrogen (secondary N) is 2. The Bertz CT molecular complexity index is 626. The normalized spacial score (nSPS) is 16.7. The Morgan fingerprint density at radius 2 is 2.23 bits per heavy atom. The average Bonchev–Trinajstić information content (AvgIpc) is 3.02. The van der Waals surface area contributed by atoms with Gasteiger partial charge >= 0.3 is 0 Å². The number of methoxy groups -OCH3 is 2. The molecule has 3 rings (SSSR count). The summed E-state index contributed by atoms with van der Waals surface area (Å²) >= 11 is 0. The van der Waals surface area contributed by atoms with E-state index in [2.05, 4.69) is 21.8 Å². The Kier molecular flexibility index (Phi) is 4.48. The molecule has 6 nitrogen and oxygen atoms in total. The van der Waals surface area contributed by atoms with Crippen LogP contribution in [0.4, 0.5) is 5.82 Å². The first-order valence-corrected chi connectivity index (χ1v) is 7.48. The van der Waals surface area contributed by atoms with E-state index in [0.29, 0.717) is 5.92 Å². The van der Waals surface area contributed by atoms with Gasteiger partial charge in [0.15, 0.2) is 11.5 Å². The minimum absolute atomic E-state index is 0.518. The van der Waals surface area contributed by atoms with E-state index < -0.39 is 0 Å². The fourth-order valence-corrected chi connectivity index (χ4v) is 2.83. The zero-order valence-corrected chi connectivity index (χ0v) is 13.0. The van der Waals surface area contributed by atoms with Crippen molar-refractivity contribution in [1.82, 2.24) is 15.1 Å². The zero-order valence-electron chi connectivity index (χ0n) is 13.0. The fourth-order valence-electron chi connectivity index (χ4n) is 2.83. The maximum absolute atomic E-state index is 5.45. The summed E-state index contributed by atoms with van der Waals surface area (Å²) in [4.78, 5) is 0. The largest absolute Gasteiger partial charge is 0.493 e. The number of hydrogen-bond donors (Lipinski definition) is 2. The number of hydrogen-bond acceptors (Lipinski definition) is 5. The van der Waals surface area contributed by atoms with Crippen LogP contribution < -0.4 is 20.1 Å². The van der Waals surface area contributed by atoms with Gasteiger partial charge in [0, 0.05) is 43.7 Å². The standard InChI is InChI=1S/C16H22N4O2/c1-21-14-5-3-4-13(16(14)22-2)10-17-8-12-9-18-15-6-7-19-20(15)11-12/h3-7,12,17-18H,8-11H2,1-2H3/t12-/m1/s1. The van der Waals surface area contributed by atoms with E-state index in [-0.39, 0.29) is 0 Å². The predicted octanol–water partition coefficient (Wildman–Crippen LogP) is 1.73. The number of benzene rings is 1. The van der Waals surface area contributed by atoms with Crippen molar-refractivity contribution in [3.63, 3.8) is 0 Å². The Morgan fingerprint density at radius 3 is 3.05 bits per heavy atom. The van der Waals surface area contributed by atoms with Crippen LogP contribution in [0, 0.1) is 5.92 Å². The van der Waals surface area contributed by atoms with Crippen LogP contribution in [0.3, 0.4) is 0 Å². The third-order valence-electron chi connectivity index (χ3n) is 3.95. The van der Waals surface area contributed by atoms with Crippen LogP contribution in [-0.2, 0) is 13.1 Å². The molecule has 0 saturated carbocycles. The third-order valence-corrected chi connectivity index (χ3v) is 3.95. The summed E-state index contributed by atoms with van der Waals surface area (Å²) < 4.78 is 12.8. The Hall–Kier alpha value is -2.21. The van der Waals surface area contributed by atoms with Gasteiger partial charge in [-0.05, 0) is 6.07 Å². The first-order chi connectivity index (χ1) is 10.8. The summed E-state index contributed by atoms with van der Waals surface area (Å²) in [6.07, 6.45) is 1.83. The van der Waals surface area contributed by atoms with E-state index in [1.807, 2.05) is 29.1 Å². The van der Waals surface area contributed by atoms with E-state index in [9.17, 15) is 0 Å². The molecule has 118 valence electrons. The van der Waals surface area contributed by atoms with E-state index >= 15 is 0 Å². The van der Waals surface area contributed by atoms with Crippen molar-refractivity contribution < 1.29 is 9.47 Å². The van der Waals surface area contributed by atoms with E-state index in [1.165, 1.54) is 0 Å². The maximum Gasteiger partial charge on any atom is 0.165 e. The number of aromatic nitrogens is 2. The number of anilines is 1. The van der Waals surface area contributed by atoms with Gasteiger partial charge in [-0.25, -0.2) is 4.68 Å². The Balaban J connectivity index is 1.56. The van der Waals surface area contributed by atoms with Gasteiger partial charge < -0.3 is 20.1 Å². The molecule has 0 bridgehead atoms. The number of para-hydroxylation sites is 1. The van der Waals surface area contributed by atoms with Gasteiger partial charge in [0.1, 0.15) is 5.82 Å². The molecule has 2 aromatic rings. The van der Waals surface area contributed by atoms with Crippen molar-refractivity contribution in [3.8, 4) is 11.5 Å². The molecule has 2 N–H and O–H groups in total. The summed E-state index contributed by atoms with van der Waals surface area (Å²) in [5, 5.41) is 11.2. The molecule has 1 aliphatic heterocycles. The molecule has 1 aromatic carbocycles. The van der Waals surface area contributed by atoms with Crippen molar-refractivity contribution in [1.29, 1.82) is 0 Å². The highest BCUT2D eigenvalue weighted by atomic mass is 16.5. The quantitative estimate of drug-likeness (QED) is 0.851. The molecule has 1 aliphatic rings. The van der Waals surface area contributed by atoms with Gasteiger partial charge in [-0.3, -0.25) is 0 Å². The second-order valence-electron chi connectivity index (χ2n) is 5.43. The number of rotatable bonds is 6. The molecule has 0 spiro atoms. The number of nitrogens with zero attached hydrogens (tertiary/aromatic N) is 2. The van der Waals surface area contributed by atoms with Gasteiger partial charge in [-0.1, -0.05) is 12.1 Å². The predicted molar refractivity (Wildman–Crippen MR) is 85.5 cm³/mol. The molecular formula is C16H22N4O2. The van der Waals surface area contributed by atoms with Crippen LogP contribution in [-0.4, -0.2) is 37.1 Å². The molecular weight excluding hydrogens is 280 g/mol. The summed E-state index contributed by atoms with van der Waals surface area (Å²) in [5.74, 6) is 3.19. The minimum atomic E-state index is 0.518. The van der Waals surface area contributed by atoms with Crippen molar-refractivity contribution in [2.75, 3.05) is 32.6 Å². The zero-order chi connectivity index (χ0) is 15.4. The van der Waals surface area contributed by atoms with Gasteiger partial charge in [0.25, 0.3) is 0 Å². The number of ether oxygens (including phenoxy) is 2. The molecule has 2 heterocycles. The van der Waals surface area contributed by atoms with Crippen molar-refractivity contribution in [3.05, 3.63) is 36.0 Å². The van der Waals surface area contributed by atoms with Gasteiger partial charge in [0.05, 0.1) is 20.4 Å². The lowest BCUT2D eigenvalue weighted by atomic mass is 10.1. The molecule has 1 atom stereocenters. The first-order valence-electron chi connectivity index (χ1n) is 7.48. The highest BCUT2D eigenvalue weighted by Crippen LogP contribution is 2.30. The molecule has 6 heteroatoms. The van der Waals surface area contributed by atoms with Gasteiger partial charge in [0.2, 0.25) is 0 Å². The molecule has 0 fully saturated rings. The Morgan fingerprint density at radius 1 is 1.32 bits per heavy atom. The van der Waals surface area contributed by atoms with Crippen molar-refractivity contribution in [2.45, 2.75) is 13.1 Å². The topological polar surface area (TPSA) is 60.3 Å². The highest BCUT2D eigenvalue weighted by molar-refractivity contribution is 5.46. The number of fused-ring (bicyclic) bond motifs is 1. The van der Waals surface area contributed by atoms with Gasteiger partial charge in [-0.2, -0.15) is 5.10 Å². The average molecular weight is 302 g/mol. The summed E-state index contributed by atoms with van der Waals surface area (Å²) in [7, 11) is 3.33. The SMILES string of the molecule is COc1cccc(CNC[C@@H]2CNc3ccnn3C2)c1OC. The lowest BCUT2D eigenvalue weighted by molar-refractivity contribution is 0.348. The second kappa shape index (κ2) is 6.70. The van der Waals surface area contributed by atoms with E-state index in [1.54, 1.807) is 14.2 Å². The van der Waals surface area contributed by atoms with Crippen LogP contribution in [0.15, 0.2) is 30.5 Å². The highest BCUT2D eigenvalue weighted by Gasteiger charge is 2.18. The van der Waals surface area contributed by atoms with Crippen molar-refractivity contribution in [2.24, 2.45) is 5.92 Å². The molecule has 22 heavy (non-hydrogen) atoms. The van der Waals surface area contributed by atoms with E-state index in [0.717, 1.165) is 49.1 Å². The molecule has 1 aromatic heterocycles. The minimum Gasteiger partial charge on any atom is -0.493 e. The van der Waals surface area contributed by atoms with Crippen molar-refractivity contribution >= 4 is 5.82 Å². The van der Waals surface area contributed by atoms with Gasteiger partial charge in [-0.15, -0.1) is 0 Å². The molecule has 0 saturated heterocycles. The molecule has 0 aliphatic carbocycles. The third kappa shape index (κ3) is 3.01. The summed E-state index contributed by atoms with van der Waals surface area (Å²) in [6, 6.07) is 7.95. The molecule has 0 unspecified atom stereocenters. The monoisotopic (exact) mass is 302 g/mol.